The van der Waals surface area contributed by atoms with Crippen LogP contribution < -0.4 is 10.5 Å². The summed E-state index contributed by atoms with van der Waals surface area (Å²) in [4.78, 5) is 23.8. The van der Waals surface area contributed by atoms with Gasteiger partial charge in [-0.15, -0.1) is 0 Å². The van der Waals surface area contributed by atoms with E-state index in [1.165, 1.54) is 31.4 Å². The summed E-state index contributed by atoms with van der Waals surface area (Å²) in [6.45, 7) is 4.12. The van der Waals surface area contributed by atoms with Crippen LogP contribution in [0.4, 0.5) is 0 Å². The first kappa shape index (κ1) is 20.0. The van der Waals surface area contributed by atoms with Crippen molar-refractivity contribution in [2.45, 2.75) is 44.9 Å². The molecule has 0 aliphatic carbocycles. The van der Waals surface area contributed by atoms with Crippen molar-refractivity contribution in [3.8, 4) is 5.75 Å². The Morgan fingerprint density at radius 2 is 1.89 bits per heavy atom. The van der Waals surface area contributed by atoms with Crippen LogP contribution in [-0.2, 0) is 20.7 Å². The first-order valence-electron chi connectivity index (χ1n) is 9.32. The van der Waals surface area contributed by atoms with Crippen LogP contribution in [0.5, 0.6) is 5.75 Å². The van der Waals surface area contributed by atoms with Gasteiger partial charge in [0.15, 0.2) is 0 Å². The maximum Gasteiger partial charge on any atom is 0.337 e. The van der Waals surface area contributed by atoms with E-state index in [9.17, 15) is 9.59 Å². The molecule has 1 heterocycles. The van der Waals surface area contributed by atoms with E-state index in [0.717, 1.165) is 23.1 Å². The number of ether oxygens (including phenoxy) is 3. The van der Waals surface area contributed by atoms with Gasteiger partial charge < -0.3 is 19.9 Å². The quantitative estimate of drug-likeness (QED) is 0.449. The lowest BCUT2D eigenvalue weighted by Crippen LogP contribution is -2.36. The summed E-state index contributed by atoms with van der Waals surface area (Å²) in [5.74, 6) is -0.645. The second-order valence-electron chi connectivity index (χ2n) is 7.00. The standard InChI is InChI=1S/C22H25NO5/c1-4-19-20(28-19)16-10-13(2)9-14(11-16)12-18(23)22(25)27-17-7-5-15(6-8-17)21(24)26-3/h5-11,18-20H,4,12,23H2,1-3H3. The molecule has 6 nitrogen and oxygen atoms in total. The topological polar surface area (TPSA) is 91.1 Å². The number of nitrogens with two attached hydrogens (primary N) is 1. The second kappa shape index (κ2) is 8.54. The number of hydrogen-bond donors (Lipinski definition) is 1. The summed E-state index contributed by atoms with van der Waals surface area (Å²) in [6.07, 6.45) is 1.77. The highest BCUT2D eigenvalue weighted by molar-refractivity contribution is 5.89. The third-order valence-corrected chi connectivity index (χ3v) is 4.73. The van der Waals surface area contributed by atoms with Gasteiger partial charge in [-0.1, -0.05) is 30.7 Å². The maximum atomic E-state index is 12.3. The van der Waals surface area contributed by atoms with Gasteiger partial charge in [-0.3, -0.25) is 0 Å². The monoisotopic (exact) mass is 383 g/mol. The van der Waals surface area contributed by atoms with Gasteiger partial charge >= 0.3 is 11.9 Å². The molecule has 0 aromatic heterocycles. The van der Waals surface area contributed by atoms with Gasteiger partial charge in [0.1, 0.15) is 17.9 Å². The first-order chi connectivity index (χ1) is 13.4. The highest BCUT2D eigenvalue weighted by atomic mass is 16.6. The largest absolute Gasteiger partial charge is 0.465 e. The Balaban J connectivity index is 1.62. The zero-order valence-electron chi connectivity index (χ0n) is 16.3. The number of methoxy groups -OCH3 is 1. The molecule has 2 aromatic carbocycles. The van der Waals surface area contributed by atoms with Gasteiger partial charge in [-0.05, 0) is 55.2 Å². The molecule has 0 amide bonds. The molecule has 3 unspecified atom stereocenters. The normalized spacial score (nSPS) is 19.0. The summed E-state index contributed by atoms with van der Waals surface area (Å²) in [7, 11) is 1.31. The first-order valence-corrected chi connectivity index (χ1v) is 9.32. The molecule has 1 aliphatic rings. The Bertz CT molecular complexity index is 862. The van der Waals surface area contributed by atoms with E-state index in [1.54, 1.807) is 0 Å². The molecule has 0 saturated carbocycles. The summed E-state index contributed by atoms with van der Waals surface area (Å²) in [5, 5.41) is 0. The van der Waals surface area contributed by atoms with Crippen molar-refractivity contribution in [2.75, 3.05) is 7.11 Å². The molecule has 1 saturated heterocycles. The van der Waals surface area contributed by atoms with E-state index in [1.807, 2.05) is 19.1 Å². The SMILES string of the molecule is CCC1OC1c1cc(C)cc(CC(N)C(=O)Oc2ccc(C(=O)OC)cc2)c1. The van der Waals surface area contributed by atoms with Crippen LogP contribution in [-0.4, -0.2) is 31.2 Å². The van der Waals surface area contributed by atoms with Crippen LogP contribution in [0.3, 0.4) is 0 Å². The molecule has 148 valence electrons. The Morgan fingerprint density at radius 3 is 2.50 bits per heavy atom. The fraction of sp³-hybridized carbons (Fsp3) is 0.364. The number of epoxide rings is 1. The molecular formula is C22H25NO5. The van der Waals surface area contributed by atoms with E-state index >= 15 is 0 Å². The Morgan fingerprint density at radius 1 is 1.18 bits per heavy atom. The van der Waals surface area contributed by atoms with Crippen molar-refractivity contribution in [2.24, 2.45) is 5.73 Å². The van der Waals surface area contributed by atoms with E-state index in [0.29, 0.717) is 17.7 Å². The Hall–Kier alpha value is -2.70. The molecule has 3 atom stereocenters. The van der Waals surface area contributed by atoms with Gasteiger partial charge in [0.25, 0.3) is 0 Å². The number of esters is 2. The van der Waals surface area contributed by atoms with Crippen molar-refractivity contribution in [3.05, 3.63) is 64.7 Å². The van der Waals surface area contributed by atoms with Crippen molar-refractivity contribution in [1.82, 2.24) is 0 Å². The van der Waals surface area contributed by atoms with Gasteiger partial charge in [-0.25, -0.2) is 9.59 Å². The summed E-state index contributed by atoms with van der Waals surface area (Å²) < 4.78 is 15.6. The molecule has 0 bridgehead atoms. The van der Waals surface area contributed by atoms with Crippen LogP contribution in [0, 0.1) is 6.92 Å². The van der Waals surface area contributed by atoms with Crippen molar-refractivity contribution >= 4 is 11.9 Å². The minimum Gasteiger partial charge on any atom is -0.465 e. The Labute approximate surface area is 164 Å². The molecule has 1 fully saturated rings. The molecule has 0 radical (unpaired) electrons. The lowest BCUT2D eigenvalue weighted by atomic mass is 9.98. The molecule has 28 heavy (non-hydrogen) atoms. The van der Waals surface area contributed by atoms with Gasteiger partial charge in [0.05, 0.1) is 18.8 Å². The third kappa shape index (κ3) is 4.77. The molecule has 1 aliphatic heterocycles. The number of rotatable bonds is 7. The number of carbonyl (C=O) groups is 2. The van der Waals surface area contributed by atoms with Gasteiger partial charge in [-0.2, -0.15) is 0 Å². The van der Waals surface area contributed by atoms with Gasteiger partial charge in [0.2, 0.25) is 0 Å². The fourth-order valence-corrected chi connectivity index (χ4v) is 3.23. The van der Waals surface area contributed by atoms with Gasteiger partial charge in [0, 0.05) is 0 Å². The van der Waals surface area contributed by atoms with Crippen LogP contribution in [0.25, 0.3) is 0 Å². The van der Waals surface area contributed by atoms with E-state index in [2.05, 4.69) is 17.7 Å². The molecule has 2 aromatic rings. The highest BCUT2D eigenvalue weighted by Gasteiger charge is 2.38. The fourth-order valence-electron chi connectivity index (χ4n) is 3.23. The predicted molar refractivity (Wildman–Crippen MR) is 104 cm³/mol. The maximum absolute atomic E-state index is 12.3. The second-order valence-corrected chi connectivity index (χ2v) is 7.00. The molecular weight excluding hydrogens is 358 g/mol. The van der Waals surface area contributed by atoms with Crippen molar-refractivity contribution in [3.63, 3.8) is 0 Å². The summed E-state index contributed by atoms with van der Waals surface area (Å²) >= 11 is 0. The van der Waals surface area contributed by atoms with Crippen LogP contribution >= 0.6 is 0 Å². The third-order valence-electron chi connectivity index (χ3n) is 4.73. The molecule has 2 N–H and O–H groups in total. The van der Waals surface area contributed by atoms with E-state index in [4.69, 9.17) is 15.2 Å². The molecule has 0 spiro atoms. The summed E-state index contributed by atoms with van der Waals surface area (Å²) in [6, 6.07) is 11.5. The highest BCUT2D eigenvalue weighted by Crippen LogP contribution is 2.41. The van der Waals surface area contributed by atoms with E-state index in [-0.39, 0.29) is 12.2 Å². The van der Waals surface area contributed by atoms with Crippen LogP contribution in [0.15, 0.2) is 42.5 Å². The average molecular weight is 383 g/mol. The average Bonchev–Trinajstić information content (AvgIpc) is 3.47. The number of hydrogen-bond acceptors (Lipinski definition) is 6. The van der Waals surface area contributed by atoms with Crippen LogP contribution in [0.2, 0.25) is 0 Å². The minimum atomic E-state index is -0.794. The molecule has 6 heteroatoms. The number of carbonyl (C=O) groups excluding carboxylic acids is 2. The molecule has 3 rings (SSSR count). The Kier molecular flexibility index (Phi) is 6.11. The minimum absolute atomic E-state index is 0.139. The summed E-state index contributed by atoms with van der Waals surface area (Å²) in [5.41, 5.74) is 9.65. The number of aryl methyl sites for hydroxylation is 1. The zero-order valence-corrected chi connectivity index (χ0v) is 16.3. The smallest absolute Gasteiger partial charge is 0.337 e. The lowest BCUT2D eigenvalue weighted by molar-refractivity contribution is -0.135. The number of benzene rings is 2. The van der Waals surface area contributed by atoms with Crippen molar-refractivity contribution in [1.29, 1.82) is 0 Å². The zero-order chi connectivity index (χ0) is 20.3. The lowest BCUT2D eigenvalue weighted by Gasteiger charge is -2.13. The van der Waals surface area contributed by atoms with E-state index < -0.39 is 18.0 Å². The predicted octanol–water partition coefficient (Wildman–Crippen LogP) is 3.11. The van der Waals surface area contributed by atoms with Crippen molar-refractivity contribution < 1.29 is 23.8 Å². The van der Waals surface area contributed by atoms with Crippen LogP contribution in [0.1, 0.15) is 46.5 Å².